The predicted octanol–water partition coefficient (Wildman–Crippen LogP) is 9.10. The highest BCUT2D eigenvalue weighted by atomic mass is 35.5. The lowest BCUT2D eigenvalue weighted by Crippen LogP contribution is -2.47. The van der Waals surface area contributed by atoms with E-state index in [-0.39, 0.29) is 11.4 Å². The van der Waals surface area contributed by atoms with Gasteiger partial charge in [-0.3, -0.25) is 0 Å². The fourth-order valence-electron chi connectivity index (χ4n) is 4.51. The van der Waals surface area contributed by atoms with Gasteiger partial charge in [-0.1, -0.05) is 95.9 Å². The number of hydrogen-bond donors (Lipinski definition) is 2. The van der Waals surface area contributed by atoms with E-state index in [0.717, 1.165) is 38.5 Å². The summed E-state index contributed by atoms with van der Waals surface area (Å²) in [6.07, 6.45) is 12.8. The Labute approximate surface area is 230 Å². The molecule has 1 aromatic carbocycles. The van der Waals surface area contributed by atoms with E-state index in [4.69, 9.17) is 33.7 Å². The third-order valence-corrected chi connectivity index (χ3v) is 8.27. The molecule has 0 heterocycles. The minimum Gasteiger partial charge on any atom is -0.479 e. The number of unbranched alkanes of at least 4 members (excludes halogenated alkanes) is 6. The average Bonchev–Trinajstić information content (AvgIpc) is 2.86. The van der Waals surface area contributed by atoms with Crippen LogP contribution >= 0.6 is 32.7 Å². The van der Waals surface area contributed by atoms with E-state index in [1.165, 1.54) is 44.6 Å². The number of halogens is 1. The Morgan fingerprint density at radius 1 is 1.00 bits per heavy atom. The maximum absolute atomic E-state index is 12.0. The number of rotatable bonds is 21. The summed E-state index contributed by atoms with van der Waals surface area (Å²) in [6.45, 7) is 7.66. The van der Waals surface area contributed by atoms with Gasteiger partial charge in [-0.2, -0.15) is 0 Å². The van der Waals surface area contributed by atoms with Crippen LogP contribution in [0.3, 0.4) is 0 Å². The molecule has 1 N–H and O–H groups in total. The first-order valence-electron chi connectivity index (χ1n) is 13.7. The van der Waals surface area contributed by atoms with E-state index in [0.29, 0.717) is 17.9 Å². The van der Waals surface area contributed by atoms with Crippen LogP contribution in [0.15, 0.2) is 24.3 Å². The molecule has 0 aliphatic rings. The molecule has 0 saturated heterocycles. The number of thiol groups is 1. The number of aliphatic carboxylic acids is 1. The number of carboxylic acid groups (broad SMARTS) is 1. The van der Waals surface area contributed by atoms with Crippen molar-refractivity contribution in [2.45, 2.75) is 134 Å². The van der Waals surface area contributed by atoms with Crippen LogP contribution in [0.2, 0.25) is 5.02 Å². The fraction of sp³-hybridized carbons (Fsp3) is 0.750. The molecule has 36 heavy (non-hydrogen) atoms. The lowest BCUT2D eigenvalue weighted by atomic mass is 9.88. The second-order valence-corrected chi connectivity index (χ2v) is 12.3. The molecule has 1 rings (SSSR count). The summed E-state index contributed by atoms with van der Waals surface area (Å²) < 4.78 is 24.5. The highest BCUT2D eigenvalue weighted by molar-refractivity contribution is 7.80. The lowest BCUT2D eigenvalue weighted by Gasteiger charge is -2.40. The van der Waals surface area contributed by atoms with Crippen LogP contribution < -0.4 is 0 Å². The molecule has 1 aromatic rings. The van der Waals surface area contributed by atoms with Crippen LogP contribution in [0.1, 0.15) is 123 Å². The zero-order valence-corrected chi connectivity index (χ0v) is 25.4. The van der Waals surface area contributed by atoms with E-state index in [2.05, 4.69) is 13.8 Å². The molecule has 0 radical (unpaired) electrons. The Balaban J connectivity index is 2.97. The Bertz CT molecular complexity index is 765. The van der Waals surface area contributed by atoms with E-state index < -0.39 is 25.6 Å². The first-order chi connectivity index (χ1) is 17.1. The minimum absolute atomic E-state index is 0.252. The van der Waals surface area contributed by atoms with Crippen molar-refractivity contribution in [3.63, 3.8) is 0 Å². The minimum atomic E-state index is -1.79. The van der Waals surface area contributed by atoms with Crippen LogP contribution in [-0.2, 0) is 18.8 Å². The molecule has 0 aliphatic carbocycles. The van der Waals surface area contributed by atoms with Gasteiger partial charge in [-0.05, 0) is 56.2 Å². The highest BCUT2D eigenvalue weighted by Crippen LogP contribution is 2.40. The highest BCUT2D eigenvalue weighted by Gasteiger charge is 2.44. The number of hydrogen-bond acceptors (Lipinski definition) is 5. The molecule has 8 heteroatoms. The summed E-state index contributed by atoms with van der Waals surface area (Å²) in [7, 11) is -1.71. The summed E-state index contributed by atoms with van der Waals surface area (Å²) in [5.74, 6) is -2.17. The SMILES string of the molecule is CCCCCCCCCC(S)OC(CC)(CCC(CCC)c1ccc(Cl)cc1)OC(C)([PH2]=O)C(=O)O. The van der Waals surface area contributed by atoms with E-state index >= 15 is 0 Å². The van der Waals surface area contributed by atoms with Gasteiger partial charge in [0, 0.05) is 11.4 Å². The Morgan fingerprint density at radius 3 is 2.14 bits per heavy atom. The van der Waals surface area contributed by atoms with Gasteiger partial charge in [0.25, 0.3) is 0 Å². The van der Waals surface area contributed by atoms with Crippen molar-refractivity contribution in [1.29, 1.82) is 0 Å². The molecule has 5 unspecified atom stereocenters. The summed E-state index contributed by atoms with van der Waals surface area (Å²) >= 11 is 10.8. The normalized spacial score (nSPS) is 17.1. The molecular formula is C28H48ClO5PS. The number of benzene rings is 1. The topological polar surface area (TPSA) is 72.8 Å². The van der Waals surface area contributed by atoms with Crippen molar-refractivity contribution < 1.29 is 23.9 Å². The van der Waals surface area contributed by atoms with Crippen molar-refractivity contribution >= 4 is 38.7 Å². The molecule has 0 amide bonds. The predicted molar refractivity (Wildman–Crippen MR) is 155 cm³/mol. The van der Waals surface area contributed by atoms with Gasteiger partial charge in [0.05, 0.1) is 0 Å². The second kappa shape index (κ2) is 17.9. The summed E-state index contributed by atoms with van der Waals surface area (Å²) in [4.78, 5) is 12.0. The lowest BCUT2D eigenvalue weighted by molar-refractivity contribution is -0.277. The molecule has 0 saturated carbocycles. The van der Waals surface area contributed by atoms with Gasteiger partial charge in [0.2, 0.25) is 5.34 Å². The van der Waals surface area contributed by atoms with E-state index in [1.807, 2.05) is 31.2 Å². The Morgan fingerprint density at radius 2 is 1.61 bits per heavy atom. The van der Waals surface area contributed by atoms with Crippen LogP contribution in [0.5, 0.6) is 0 Å². The van der Waals surface area contributed by atoms with Gasteiger partial charge in [-0.15, -0.1) is 12.6 Å². The quantitative estimate of drug-likeness (QED) is 0.0676. The molecule has 208 valence electrons. The van der Waals surface area contributed by atoms with E-state index in [1.54, 1.807) is 0 Å². The monoisotopic (exact) mass is 562 g/mol. The van der Waals surface area contributed by atoms with Gasteiger partial charge < -0.3 is 19.1 Å². The van der Waals surface area contributed by atoms with Crippen LogP contribution in [0.4, 0.5) is 0 Å². The number of carbonyl (C=O) groups is 1. The smallest absolute Gasteiger partial charge is 0.343 e. The fourth-order valence-corrected chi connectivity index (χ4v) is 5.37. The average molecular weight is 563 g/mol. The van der Waals surface area contributed by atoms with Crippen LogP contribution in [0.25, 0.3) is 0 Å². The Hall–Kier alpha value is -0.520. The Kier molecular flexibility index (Phi) is 16.7. The van der Waals surface area contributed by atoms with Gasteiger partial charge in [0.15, 0.2) is 5.79 Å². The van der Waals surface area contributed by atoms with Crippen molar-refractivity contribution in [3.05, 3.63) is 34.9 Å². The van der Waals surface area contributed by atoms with Crippen LogP contribution in [-0.4, -0.2) is 27.6 Å². The summed E-state index contributed by atoms with van der Waals surface area (Å²) in [5.41, 5.74) is 0.799. The molecule has 5 nitrogen and oxygen atoms in total. The third-order valence-electron chi connectivity index (χ3n) is 6.84. The molecule has 0 bridgehead atoms. The van der Waals surface area contributed by atoms with E-state index in [9.17, 15) is 14.5 Å². The largest absolute Gasteiger partial charge is 0.479 e. The maximum atomic E-state index is 12.0. The zero-order chi connectivity index (χ0) is 27.0. The molecule has 5 atom stereocenters. The van der Waals surface area contributed by atoms with Gasteiger partial charge in [0.1, 0.15) is 13.9 Å². The first kappa shape index (κ1) is 33.5. The summed E-state index contributed by atoms with van der Waals surface area (Å²) in [5, 5.41) is 8.67. The molecule has 0 aliphatic heterocycles. The summed E-state index contributed by atoms with van der Waals surface area (Å²) in [6, 6.07) is 7.88. The van der Waals surface area contributed by atoms with Gasteiger partial charge >= 0.3 is 5.97 Å². The molecule has 0 aromatic heterocycles. The third kappa shape index (κ3) is 11.9. The van der Waals surface area contributed by atoms with Crippen molar-refractivity contribution in [1.82, 2.24) is 0 Å². The van der Waals surface area contributed by atoms with Crippen LogP contribution in [0, 0.1) is 0 Å². The van der Waals surface area contributed by atoms with Crippen molar-refractivity contribution in [2.24, 2.45) is 0 Å². The maximum Gasteiger partial charge on any atom is 0.343 e. The molecular weight excluding hydrogens is 515 g/mol. The standard InChI is InChI=1S/C28H48ClO5PS/c1-5-8-9-10-11-12-13-15-25(36)33-28(7-3,34-27(4,35-32)26(30)31)21-20-22(14-6-2)23-16-18-24(29)19-17-23/h16-19,22,25,36H,5-15,20-21,35H2,1-4H3,(H,30,31). The molecule has 0 fully saturated rings. The first-order valence-corrected chi connectivity index (χ1v) is 15.6. The van der Waals surface area contributed by atoms with Crippen molar-refractivity contribution in [3.8, 4) is 0 Å². The van der Waals surface area contributed by atoms with Gasteiger partial charge in [-0.25, -0.2) is 4.79 Å². The molecule has 0 spiro atoms. The number of ether oxygens (including phenoxy) is 2. The zero-order valence-electron chi connectivity index (χ0n) is 22.6. The second-order valence-electron chi connectivity index (χ2n) is 9.95. The number of carboxylic acids is 1. The van der Waals surface area contributed by atoms with Crippen molar-refractivity contribution in [2.75, 3.05) is 0 Å².